The third kappa shape index (κ3) is 2.20. The molecule has 0 amide bonds. The fraction of sp³-hybridized carbons (Fsp3) is 0.250. The van der Waals surface area contributed by atoms with Crippen molar-refractivity contribution >= 4 is 21.6 Å². The zero-order chi connectivity index (χ0) is 15.1. The van der Waals surface area contributed by atoms with Gasteiger partial charge in [0.25, 0.3) is 5.56 Å². The van der Waals surface area contributed by atoms with Crippen molar-refractivity contribution in [2.45, 2.75) is 19.5 Å². The quantitative estimate of drug-likeness (QED) is 0.732. The molecule has 2 aromatic heterocycles. The first-order valence-electron chi connectivity index (χ1n) is 7.25. The highest BCUT2D eigenvalue weighted by Crippen LogP contribution is 2.32. The van der Waals surface area contributed by atoms with Crippen LogP contribution in [-0.4, -0.2) is 21.1 Å². The second-order valence-electron chi connectivity index (χ2n) is 5.59. The van der Waals surface area contributed by atoms with Gasteiger partial charge in [0, 0.05) is 24.5 Å². The van der Waals surface area contributed by atoms with Crippen LogP contribution >= 0.6 is 11.3 Å². The molecule has 0 spiro atoms. The molecular formula is C16H16N4OS. The molecule has 0 aliphatic carbocycles. The molecule has 3 heterocycles. The van der Waals surface area contributed by atoms with Crippen LogP contribution in [0, 0.1) is 0 Å². The summed E-state index contributed by atoms with van der Waals surface area (Å²) in [6.07, 6.45) is 2.28. The Morgan fingerprint density at radius 3 is 2.91 bits per heavy atom. The average molecular weight is 312 g/mol. The molecule has 0 unspecified atom stereocenters. The zero-order valence-electron chi connectivity index (χ0n) is 12.0. The van der Waals surface area contributed by atoms with Crippen molar-refractivity contribution in [3.05, 3.63) is 63.0 Å². The highest BCUT2D eigenvalue weighted by molar-refractivity contribution is 7.18. The van der Waals surface area contributed by atoms with Crippen LogP contribution in [0.25, 0.3) is 10.2 Å². The van der Waals surface area contributed by atoms with E-state index in [0.717, 1.165) is 41.1 Å². The van der Waals surface area contributed by atoms with Crippen molar-refractivity contribution in [2.75, 3.05) is 12.4 Å². The predicted octanol–water partition coefficient (Wildman–Crippen LogP) is 1.73. The number of hydrogen-bond acceptors (Lipinski definition) is 5. The lowest BCUT2D eigenvalue weighted by molar-refractivity contribution is 0.249. The molecule has 6 heteroatoms. The van der Waals surface area contributed by atoms with Gasteiger partial charge in [-0.25, -0.2) is 9.66 Å². The van der Waals surface area contributed by atoms with Gasteiger partial charge >= 0.3 is 0 Å². The van der Waals surface area contributed by atoms with Gasteiger partial charge in [-0.15, -0.1) is 11.3 Å². The molecular weight excluding hydrogens is 296 g/mol. The normalized spacial score (nSPS) is 15.1. The fourth-order valence-electron chi connectivity index (χ4n) is 3.03. The molecule has 1 aliphatic heterocycles. The van der Waals surface area contributed by atoms with E-state index in [9.17, 15) is 4.79 Å². The fourth-order valence-corrected chi connectivity index (χ4v) is 4.25. The second kappa shape index (κ2) is 5.23. The smallest absolute Gasteiger partial charge is 0.280 e. The summed E-state index contributed by atoms with van der Waals surface area (Å²) in [4.78, 5) is 21.0. The van der Waals surface area contributed by atoms with Crippen LogP contribution in [0.3, 0.4) is 0 Å². The minimum Gasteiger partial charge on any atom is -0.335 e. The molecule has 0 radical (unpaired) electrons. The maximum Gasteiger partial charge on any atom is 0.280 e. The number of fused-ring (bicyclic) bond motifs is 3. The van der Waals surface area contributed by atoms with E-state index < -0.39 is 0 Å². The van der Waals surface area contributed by atoms with E-state index in [1.807, 2.05) is 6.07 Å². The van der Waals surface area contributed by atoms with Crippen LogP contribution in [-0.2, 0) is 19.5 Å². The number of nitrogen functional groups attached to an aromatic ring is 1. The molecule has 5 nitrogen and oxygen atoms in total. The van der Waals surface area contributed by atoms with Crippen LogP contribution in [0.2, 0.25) is 0 Å². The van der Waals surface area contributed by atoms with E-state index in [1.54, 1.807) is 11.3 Å². The maximum absolute atomic E-state index is 12.2. The van der Waals surface area contributed by atoms with Crippen molar-refractivity contribution in [3.8, 4) is 0 Å². The lowest BCUT2D eigenvalue weighted by atomic mass is 10.0. The standard InChI is InChI=1S/C16H16N4OS/c17-20-10-18-15-14(16(20)21)12-6-7-19(9-13(12)22-15)8-11-4-2-1-3-5-11/h1-5,10H,6-9,17H2. The van der Waals surface area contributed by atoms with Crippen molar-refractivity contribution in [3.63, 3.8) is 0 Å². The molecule has 22 heavy (non-hydrogen) atoms. The molecule has 0 bridgehead atoms. The van der Waals surface area contributed by atoms with Crippen molar-refractivity contribution in [1.29, 1.82) is 0 Å². The summed E-state index contributed by atoms with van der Waals surface area (Å²) in [5, 5.41) is 0.712. The first kappa shape index (κ1) is 13.5. The molecule has 0 saturated carbocycles. The van der Waals surface area contributed by atoms with Crippen LogP contribution in [0.15, 0.2) is 41.5 Å². The number of rotatable bonds is 2. The number of benzene rings is 1. The Hall–Kier alpha value is -2.18. The SMILES string of the molecule is Nn1cnc2sc3c(c2c1=O)CCN(Cc1ccccc1)C3. The average Bonchev–Trinajstić information content (AvgIpc) is 2.90. The summed E-state index contributed by atoms with van der Waals surface area (Å²) in [5.74, 6) is 5.64. The molecule has 112 valence electrons. The summed E-state index contributed by atoms with van der Waals surface area (Å²) in [7, 11) is 0. The molecule has 0 atom stereocenters. The second-order valence-corrected chi connectivity index (χ2v) is 6.67. The van der Waals surface area contributed by atoms with Gasteiger partial charge < -0.3 is 5.84 Å². The van der Waals surface area contributed by atoms with Crippen molar-refractivity contribution in [1.82, 2.24) is 14.6 Å². The molecule has 2 N–H and O–H groups in total. The molecule has 0 fully saturated rings. The van der Waals surface area contributed by atoms with Gasteiger partial charge in [0.2, 0.25) is 0 Å². The molecule has 3 aromatic rings. The highest BCUT2D eigenvalue weighted by Gasteiger charge is 2.23. The summed E-state index contributed by atoms with van der Waals surface area (Å²) in [6.45, 7) is 2.75. The lowest BCUT2D eigenvalue weighted by Crippen LogP contribution is -2.31. The maximum atomic E-state index is 12.2. The third-order valence-corrected chi connectivity index (χ3v) is 5.24. The highest BCUT2D eigenvalue weighted by atomic mass is 32.1. The molecule has 1 aliphatic rings. The molecule has 0 saturated heterocycles. The Bertz CT molecular complexity index is 884. The van der Waals surface area contributed by atoms with Crippen LogP contribution < -0.4 is 11.4 Å². The lowest BCUT2D eigenvalue weighted by Gasteiger charge is -2.26. The largest absolute Gasteiger partial charge is 0.335 e. The van der Waals surface area contributed by atoms with E-state index in [1.165, 1.54) is 16.8 Å². The van der Waals surface area contributed by atoms with E-state index in [0.29, 0.717) is 5.39 Å². The van der Waals surface area contributed by atoms with E-state index in [4.69, 9.17) is 5.84 Å². The van der Waals surface area contributed by atoms with Crippen molar-refractivity contribution < 1.29 is 0 Å². The topological polar surface area (TPSA) is 64.2 Å². The summed E-state index contributed by atoms with van der Waals surface area (Å²) in [6, 6.07) is 10.5. The summed E-state index contributed by atoms with van der Waals surface area (Å²) >= 11 is 1.62. The first-order valence-corrected chi connectivity index (χ1v) is 8.07. The summed E-state index contributed by atoms with van der Waals surface area (Å²) < 4.78 is 1.08. The van der Waals surface area contributed by atoms with E-state index in [-0.39, 0.29) is 5.56 Å². The number of hydrogen-bond donors (Lipinski definition) is 1. The third-order valence-electron chi connectivity index (χ3n) is 4.11. The Morgan fingerprint density at radius 2 is 2.09 bits per heavy atom. The van der Waals surface area contributed by atoms with E-state index in [2.05, 4.69) is 34.1 Å². The van der Waals surface area contributed by atoms with Gasteiger partial charge in [-0.3, -0.25) is 9.69 Å². The molecule has 4 rings (SSSR count). The van der Waals surface area contributed by atoms with Crippen LogP contribution in [0.4, 0.5) is 0 Å². The number of nitrogens with zero attached hydrogens (tertiary/aromatic N) is 3. The van der Waals surface area contributed by atoms with Gasteiger partial charge in [-0.1, -0.05) is 30.3 Å². The van der Waals surface area contributed by atoms with E-state index >= 15 is 0 Å². The van der Waals surface area contributed by atoms with Gasteiger partial charge in [-0.2, -0.15) is 0 Å². The number of nitrogens with two attached hydrogens (primary N) is 1. The van der Waals surface area contributed by atoms with Gasteiger partial charge in [-0.05, 0) is 17.5 Å². The van der Waals surface area contributed by atoms with Gasteiger partial charge in [0.1, 0.15) is 11.2 Å². The number of thiophene rings is 1. The Balaban J connectivity index is 1.67. The van der Waals surface area contributed by atoms with Gasteiger partial charge in [0.15, 0.2) is 0 Å². The van der Waals surface area contributed by atoms with Crippen molar-refractivity contribution in [2.24, 2.45) is 0 Å². The first-order chi connectivity index (χ1) is 10.7. The minimum absolute atomic E-state index is 0.140. The van der Waals surface area contributed by atoms with Crippen LogP contribution in [0.1, 0.15) is 16.0 Å². The Morgan fingerprint density at radius 1 is 1.27 bits per heavy atom. The minimum atomic E-state index is -0.140. The Labute approximate surface area is 131 Å². The van der Waals surface area contributed by atoms with Gasteiger partial charge in [0.05, 0.1) is 5.39 Å². The Kier molecular flexibility index (Phi) is 3.20. The predicted molar refractivity (Wildman–Crippen MR) is 88.3 cm³/mol. The molecule has 1 aromatic carbocycles. The zero-order valence-corrected chi connectivity index (χ0v) is 12.8. The monoisotopic (exact) mass is 312 g/mol. The number of aromatic nitrogens is 2. The van der Waals surface area contributed by atoms with Crippen LogP contribution in [0.5, 0.6) is 0 Å². The summed E-state index contributed by atoms with van der Waals surface area (Å²) in [5.41, 5.74) is 2.31.